The van der Waals surface area contributed by atoms with Gasteiger partial charge in [-0.15, -0.1) is 0 Å². The minimum Gasteiger partial charge on any atom is -0.359 e. The van der Waals surface area contributed by atoms with Gasteiger partial charge in [-0.2, -0.15) is 0 Å². The molecule has 0 bridgehead atoms. The average Bonchev–Trinajstić information content (AvgIpc) is 2.54. The summed E-state index contributed by atoms with van der Waals surface area (Å²) in [4.78, 5) is 26.6. The summed E-state index contributed by atoms with van der Waals surface area (Å²) < 4.78 is 0. The quantitative estimate of drug-likeness (QED) is 0.806. The summed E-state index contributed by atoms with van der Waals surface area (Å²) in [5, 5.41) is 2.70. The van der Waals surface area contributed by atoms with Gasteiger partial charge < -0.3 is 16.0 Å². The molecular formula is C15H27N3O2. The Morgan fingerprint density at radius 3 is 2.55 bits per heavy atom. The van der Waals surface area contributed by atoms with E-state index in [1.54, 1.807) is 7.05 Å². The third kappa shape index (κ3) is 2.97. The Bertz CT molecular complexity index is 364. The van der Waals surface area contributed by atoms with Crippen molar-refractivity contribution in [2.24, 2.45) is 17.1 Å². The van der Waals surface area contributed by atoms with Crippen LogP contribution in [0.2, 0.25) is 0 Å². The number of carbonyl (C=O) groups is 2. The number of hydrogen-bond donors (Lipinski definition) is 2. The number of likely N-dealkylation sites (tertiary alicyclic amines) is 1. The Balaban J connectivity index is 2.05. The lowest BCUT2D eigenvalue weighted by atomic mass is 9.72. The highest BCUT2D eigenvalue weighted by atomic mass is 16.2. The summed E-state index contributed by atoms with van der Waals surface area (Å²) in [5.74, 6) is 0.178. The molecule has 1 saturated heterocycles. The van der Waals surface area contributed by atoms with Gasteiger partial charge >= 0.3 is 0 Å². The molecule has 5 heteroatoms. The van der Waals surface area contributed by atoms with E-state index in [0.717, 1.165) is 45.1 Å². The van der Waals surface area contributed by atoms with E-state index in [0.29, 0.717) is 13.1 Å². The van der Waals surface area contributed by atoms with E-state index in [1.165, 1.54) is 6.42 Å². The van der Waals surface area contributed by atoms with Crippen molar-refractivity contribution in [3.8, 4) is 0 Å². The highest BCUT2D eigenvalue weighted by Gasteiger charge is 2.42. The molecule has 0 aromatic heterocycles. The number of amides is 2. The number of nitrogens with one attached hydrogen (secondary N) is 1. The molecule has 0 aromatic rings. The van der Waals surface area contributed by atoms with E-state index in [2.05, 4.69) is 5.32 Å². The van der Waals surface area contributed by atoms with Crippen molar-refractivity contribution in [3.05, 3.63) is 0 Å². The maximum absolute atomic E-state index is 12.9. The zero-order chi connectivity index (χ0) is 14.6. The summed E-state index contributed by atoms with van der Waals surface area (Å²) >= 11 is 0. The predicted molar refractivity (Wildman–Crippen MR) is 77.9 cm³/mol. The summed E-state index contributed by atoms with van der Waals surface area (Å²) in [6, 6.07) is 0. The molecule has 1 aliphatic carbocycles. The van der Waals surface area contributed by atoms with Gasteiger partial charge in [-0.1, -0.05) is 19.3 Å². The van der Waals surface area contributed by atoms with E-state index >= 15 is 0 Å². The Morgan fingerprint density at radius 2 is 1.95 bits per heavy atom. The van der Waals surface area contributed by atoms with Crippen LogP contribution in [0.4, 0.5) is 0 Å². The minimum absolute atomic E-state index is 0.0490. The molecule has 2 fully saturated rings. The fourth-order valence-electron chi connectivity index (χ4n) is 3.65. The molecular weight excluding hydrogens is 254 g/mol. The van der Waals surface area contributed by atoms with Crippen LogP contribution in [0.1, 0.15) is 44.9 Å². The second-order valence-electron chi connectivity index (χ2n) is 6.25. The first kappa shape index (κ1) is 15.3. The molecule has 20 heavy (non-hydrogen) atoms. The van der Waals surface area contributed by atoms with Crippen molar-refractivity contribution < 1.29 is 9.59 Å². The Hall–Kier alpha value is -1.10. The second-order valence-corrected chi connectivity index (χ2v) is 6.25. The molecule has 5 nitrogen and oxygen atoms in total. The number of carbonyl (C=O) groups excluding carboxylic acids is 2. The van der Waals surface area contributed by atoms with Crippen LogP contribution in [0.3, 0.4) is 0 Å². The topological polar surface area (TPSA) is 75.4 Å². The largest absolute Gasteiger partial charge is 0.359 e. The fourth-order valence-corrected chi connectivity index (χ4v) is 3.65. The number of hydrogen-bond acceptors (Lipinski definition) is 3. The normalized spacial score (nSPS) is 26.1. The molecule has 3 N–H and O–H groups in total. The van der Waals surface area contributed by atoms with Crippen LogP contribution in [0.25, 0.3) is 0 Å². The zero-order valence-electron chi connectivity index (χ0n) is 12.5. The summed E-state index contributed by atoms with van der Waals surface area (Å²) in [6.45, 7) is 1.77. The third-order valence-electron chi connectivity index (χ3n) is 4.98. The van der Waals surface area contributed by atoms with Crippen molar-refractivity contribution in [2.45, 2.75) is 44.9 Å². The molecule has 0 spiro atoms. The molecule has 1 atom stereocenters. The van der Waals surface area contributed by atoms with Crippen molar-refractivity contribution in [1.29, 1.82) is 0 Å². The van der Waals surface area contributed by atoms with Crippen molar-refractivity contribution in [2.75, 3.05) is 26.7 Å². The van der Waals surface area contributed by atoms with Crippen molar-refractivity contribution >= 4 is 11.8 Å². The molecule has 1 heterocycles. The third-order valence-corrected chi connectivity index (χ3v) is 4.98. The zero-order valence-corrected chi connectivity index (χ0v) is 12.5. The lowest BCUT2D eigenvalue weighted by molar-refractivity contribution is -0.146. The average molecular weight is 281 g/mol. The van der Waals surface area contributed by atoms with Gasteiger partial charge in [0, 0.05) is 26.7 Å². The van der Waals surface area contributed by atoms with Gasteiger partial charge in [0.05, 0.1) is 11.3 Å². The molecule has 0 radical (unpaired) electrons. The highest BCUT2D eigenvalue weighted by molar-refractivity contribution is 5.85. The van der Waals surface area contributed by atoms with Crippen LogP contribution in [-0.2, 0) is 9.59 Å². The minimum atomic E-state index is -0.358. The maximum Gasteiger partial charge on any atom is 0.230 e. The van der Waals surface area contributed by atoms with Crippen LogP contribution in [-0.4, -0.2) is 43.4 Å². The van der Waals surface area contributed by atoms with Gasteiger partial charge in [0.1, 0.15) is 0 Å². The smallest absolute Gasteiger partial charge is 0.230 e. The number of rotatable bonds is 3. The van der Waals surface area contributed by atoms with Gasteiger partial charge in [0.2, 0.25) is 11.8 Å². The monoisotopic (exact) mass is 281 g/mol. The van der Waals surface area contributed by atoms with Crippen LogP contribution >= 0.6 is 0 Å². The van der Waals surface area contributed by atoms with Gasteiger partial charge in [0.15, 0.2) is 0 Å². The molecule has 2 aliphatic rings. The van der Waals surface area contributed by atoms with Gasteiger partial charge in [0.25, 0.3) is 0 Å². The van der Waals surface area contributed by atoms with E-state index in [1.807, 2.05) is 4.90 Å². The Morgan fingerprint density at radius 1 is 1.25 bits per heavy atom. The van der Waals surface area contributed by atoms with Crippen LogP contribution in [0.15, 0.2) is 0 Å². The molecule has 0 aromatic carbocycles. The second kappa shape index (κ2) is 6.57. The number of nitrogens with zero attached hydrogens (tertiary/aromatic N) is 1. The SMILES string of the molecule is CNC(=O)C1CCCN(C(=O)C2(CN)CCCCC2)C1. The summed E-state index contributed by atoms with van der Waals surface area (Å²) in [7, 11) is 1.66. The number of nitrogens with two attached hydrogens (primary N) is 1. The van der Waals surface area contributed by atoms with Gasteiger partial charge in [-0.3, -0.25) is 9.59 Å². The fraction of sp³-hybridized carbons (Fsp3) is 0.867. The summed E-state index contributed by atoms with van der Waals surface area (Å²) in [6.07, 6.45) is 6.98. The Kier molecular flexibility index (Phi) is 5.02. The molecule has 1 saturated carbocycles. The Labute approximate surface area is 121 Å². The lowest BCUT2D eigenvalue weighted by Gasteiger charge is -2.41. The lowest BCUT2D eigenvalue weighted by Crippen LogP contribution is -2.53. The van der Waals surface area contributed by atoms with Gasteiger partial charge in [-0.25, -0.2) is 0 Å². The van der Waals surface area contributed by atoms with E-state index in [4.69, 9.17) is 5.73 Å². The van der Waals surface area contributed by atoms with Crippen LogP contribution < -0.4 is 11.1 Å². The van der Waals surface area contributed by atoms with Crippen LogP contribution in [0.5, 0.6) is 0 Å². The number of piperidine rings is 1. The van der Waals surface area contributed by atoms with Gasteiger partial charge in [-0.05, 0) is 25.7 Å². The summed E-state index contributed by atoms with van der Waals surface area (Å²) in [5.41, 5.74) is 5.58. The standard InChI is InChI=1S/C15H27N3O2/c1-17-13(19)12-6-5-9-18(10-12)14(20)15(11-16)7-3-2-4-8-15/h12H,2-11,16H2,1H3,(H,17,19). The van der Waals surface area contributed by atoms with Crippen molar-refractivity contribution in [1.82, 2.24) is 10.2 Å². The molecule has 2 rings (SSSR count). The maximum atomic E-state index is 12.9. The molecule has 1 aliphatic heterocycles. The predicted octanol–water partition coefficient (Wildman–Crippen LogP) is 0.880. The first-order valence-electron chi connectivity index (χ1n) is 7.84. The van der Waals surface area contributed by atoms with E-state index in [-0.39, 0.29) is 23.1 Å². The molecule has 114 valence electrons. The molecule has 1 unspecified atom stereocenters. The van der Waals surface area contributed by atoms with E-state index < -0.39 is 0 Å². The van der Waals surface area contributed by atoms with E-state index in [9.17, 15) is 9.59 Å². The first-order chi connectivity index (χ1) is 9.63. The first-order valence-corrected chi connectivity index (χ1v) is 7.84. The van der Waals surface area contributed by atoms with Crippen LogP contribution in [0, 0.1) is 11.3 Å². The van der Waals surface area contributed by atoms with Crippen molar-refractivity contribution in [3.63, 3.8) is 0 Å². The highest BCUT2D eigenvalue weighted by Crippen LogP contribution is 2.38. The molecule has 2 amide bonds.